The molecular formula is C25H26N2O4S. The number of nitrogens with zero attached hydrogens (tertiary/aromatic N) is 1. The number of aryl methyl sites for hydroxylation is 1. The fourth-order valence-corrected chi connectivity index (χ4v) is 3.43. The summed E-state index contributed by atoms with van der Waals surface area (Å²) in [5, 5.41) is 2.60. The molecule has 0 aliphatic carbocycles. The molecule has 1 heterocycles. The van der Waals surface area contributed by atoms with E-state index in [1.807, 2.05) is 44.2 Å². The van der Waals surface area contributed by atoms with E-state index in [9.17, 15) is 9.59 Å². The number of likely N-dealkylation sites (N-methyl/N-ethyl adjacent to an activating group) is 1. The van der Waals surface area contributed by atoms with Crippen LogP contribution in [-0.4, -0.2) is 35.5 Å². The van der Waals surface area contributed by atoms with Crippen molar-refractivity contribution in [3.05, 3.63) is 76.9 Å². The van der Waals surface area contributed by atoms with Crippen LogP contribution in [0.4, 0.5) is 0 Å². The molecule has 0 bridgehead atoms. The van der Waals surface area contributed by atoms with E-state index in [1.54, 1.807) is 12.1 Å². The van der Waals surface area contributed by atoms with E-state index in [4.69, 9.17) is 21.7 Å². The van der Waals surface area contributed by atoms with Crippen molar-refractivity contribution in [3.8, 4) is 11.5 Å². The van der Waals surface area contributed by atoms with Crippen LogP contribution in [0, 0.1) is 6.92 Å². The Labute approximate surface area is 193 Å². The smallest absolute Gasteiger partial charge is 0.265 e. The predicted octanol–water partition coefficient (Wildman–Crippen LogP) is 3.96. The number of allylic oxidation sites excluding steroid dienone is 1. The number of benzene rings is 2. The molecule has 7 heteroatoms. The number of hydrogen-bond donors (Lipinski definition) is 1. The minimum atomic E-state index is -0.527. The second-order valence-electron chi connectivity index (χ2n) is 7.39. The molecule has 0 saturated carbocycles. The minimum Gasteiger partial charge on any atom is -0.490 e. The van der Waals surface area contributed by atoms with Crippen LogP contribution in [0.15, 0.2) is 54.6 Å². The predicted molar refractivity (Wildman–Crippen MR) is 129 cm³/mol. The zero-order valence-corrected chi connectivity index (χ0v) is 19.3. The average molecular weight is 451 g/mol. The maximum absolute atomic E-state index is 12.6. The first-order valence-corrected chi connectivity index (χ1v) is 10.7. The van der Waals surface area contributed by atoms with Gasteiger partial charge in [-0.15, -0.1) is 6.58 Å². The van der Waals surface area contributed by atoms with Gasteiger partial charge in [-0.2, -0.15) is 0 Å². The van der Waals surface area contributed by atoms with Crippen molar-refractivity contribution in [2.75, 3.05) is 13.7 Å². The van der Waals surface area contributed by atoms with Crippen molar-refractivity contribution in [1.29, 1.82) is 0 Å². The van der Waals surface area contributed by atoms with E-state index < -0.39 is 11.8 Å². The normalized spacial score (nSPS) is 15.0. The first-order chi connectivity index (χ1) is 15.3. The fraction of sp³-hybridized carbons (Fsp3) is 0.240. The van der Waals surface area contributed by atoms with E-state index in [2.05, 4.69) is 11.9 Å². The number of nitrogens with one attached hydrogen (secondary N) is 1. The number of hydrogen-bond acceptors (Lipinski definition) is 5. The summed E-state index contributed by atoms with van der Waals surface area (Å²) in [6.45, 7) is 8.58. The van der Waals surface area contributed by atoms with Gasteiger partial charge in [0.25, 0.3) is 11.8 Å². The molecule has 3 rings (SSSR count). The van der Waals surface area contributed by atoms with Crippen molar-refractivity contribution in [1.82, 2.24) is 10.2 Å². The van der Waals surface area contributed by atoms with Gasteiger partial charge in [-0.1, -0.05) is 35.9 Å². The van der Waals surface area contributed by atoms with E-state index in [1.165, 1.54) is 23.6 Å². The van der Waals surface area contributed by atoms with Crippen molar-refractivity contribution in [2.24, 2.45) is 0 Å². The van der Waals surface area contributed by atoms with Gasteiger partial charge in [0.2, 0.25) is 0 Å². The highest BCUT2D eigenvalue weighted by molar-refractivity contribution is 7.80. The number of thiocarbonyl (C=S) groups is 1. The fourth-order valence-electron chi connectivity index (χ4n) is 3.25. The Morgan fingerprint density at radius 3 is 2.53 bits per heavy atom. The summed E-state index contributed by atoms with van der Waals surface area (Å²) in [5.41, 5.74) is 3.71. The number of carbonyl (C=O) groups is 2. The molecule has 1 fully saturated rings. The largest absolute Gasteiger partial charge is 0.490 e. The van der Waals surface area contributed by atoms with Crippen LogP contribution >= 0.6 is 12.2 Å². The summed E-state index contributed by atoms with van der Waals surface area (Å²) < 4.78 is 12.0. The molecule has 2 aromatic carbocycles. The average Bonchev–Trinajstić information content (AvgIpc) is 2.76. The molecule has 0 aromatic heterocycles. The highest BCUT2D eigenvalue weighted by Gasteiger charge is 2.31. The van der Waals surface area contributed by atoms with Gasteiger partial charge in [-0.3, -0.25) is 19.8 Å². The first kappa shape index (κ1) is 23.2. The molecule has 166 valence electrons. The number of rotatable bonds is 8. The summed E-state index contributed by atoms with van der Waals surface area (Å²) in [4.78, 5) is 26.1. The molecule has 6 nitrogen and oxygen atoms in total. The molecule has 1 aliphatic rings. The van der Waals surface area contributed by atoms with Crippen molar-refractivity contribution < 1.29 is 19.1 Å². The molecular weight excluding hydrogens is 424 g/mol. The van der Waals surface area contributed by atoms with Gasteiger partial charge in [0, 0.05) is 12.6 Å². The molecule has 0 atom stereocenters. The standard InChI is InChI=1S/C25H26N2O4S/c1-5-7-19-12-18(13-20-23(28)26-25(32)27(4)24(20)29)14-21(30-6-2)22(19)31-15-17-10-8-16(3)9-11-17/h5,8-14H,1,6-7,15H2,2-4H3,(H,26,28,32)/b20-13+. The van der Waals surface area contributed by atoms with E-state index >= 15 is 0 Å². The summed E-state index contributed by atoms with van der Waals surface area (Å²) in [6.07, 6.45) is 3.84. The lowest BCUT2D eigenvalue weighted by Crippen LogP contribution is -2.52. The molecule has 1 N–H and O–H groups in total. The van der Waals surface area contributed by atoms with Crippen LogP contribution in [0.1, 0.15) is 29.2 Å². The third kappa shape index (κ3) is 5.23. The van der Waals surface area contributed by atoms with Crippen molar-refractivity contribution in [3.63, 3.8) is 0 Å². The van der Waals surface area contributed by atoms with E-state index in [0.29, 0.717) is 36.7 Å². The second-order valence-corrected chi connectivity index (χ2v) is 7.78. The van der Waals surface area contributed by atoms with Gasteiger partial charge in [-0.05, 0) is 61.8 Å². The van der Waals surface area contributed by atoms with Crippen LogP contribution in [0.2, 0.25) is 0 Å². The summed E-state index contributed by atoms with van der Waals surface area (Å²) in [7, 11) is 1.52. The maximum Gasteiger partial charge on any atom is 0.265 e. The Morgan fingerprint density at radius 2 is 1.88 bits per heavy atom. The molecule has 0 spiro atoms. The molecule has 0 unspecified atom stereocenters. The van der Waals surface area contributed by atoms with Gasteiger partial charge >= 0.3 is 0 Å². The molecule has 1 aliphatic heterocycles. The Balaban J connectivity index is 1.99. The third-order valence-corrected chi connectivity index (χ3v) is 5.31. The lowest BCUT2D eigenvalue weighted by molar-refractivity contribution is -0.128. The SMILES string of the molecule is C=CCc1cc(/C=C2\C(=O)NC(=S)N(C)C2=O)cc(OCC)c1OCc1ccc(C)cc1. The molecule has 2 amide bonds. The molecule has 2 aromatic rings. The van der Waals surface area contributed by atoms with E-state index in [-0.39, 0.29) is 10.7 Å². The minimum absolute atomic E-state index is 0.00132. The number of carbonyl (C=O) groups excluding carboxylic acids is 2. The van der Waals surface area contributed by atoms with Crippen LogP contribution in [0.3, 0.4) is 0 Å². The number of ether oxygens (including phenoxy) is 2. The summed E-state index contributed by atoms with van der Waals surface area (Å²) in [5.74, 6) is 0.174. The van der Waals surface area contributed by atoms with Crippen LogP contribution in [0.5, 0.6) is 11.5 Å². The zero-order valence-electron chi connectivity index (χ0n) is 18.4. The highest BCUT2D eigenvalue weighted by Crippen LogP contribution is 2.35. The lowest BCUT2D eigenvalue weighted by atomic mass is 10.0. The third-order valence-electron chi connectivity index (χ3n) is 4.94. The molecule has 32 heavy (non-hydrogen) atoms. The molecule has 0 radical (unpaired) electrons. The maximum atomic E-state index is 12.6. The van der Waals surface area contributed by atoms with Gasteiger partial charge in [0.05, 0.1) is 6.61 Å². The Morgan fingerprint density at radius 1 is 1.16 bits per heavy atom. The first-order valence-electron chi connectivity index (χ1n) is 10.3. The Bertz CT molecular complexity index is 1090. The monoisotopic (exact) mass is 450 g/mol. The Kier molecular flexibility index (Phi) is 7.43. The van der Waals surface area contributed by atoms with Crippen molar-refractivity contribution >= 4 is 35.2 Å². The lowest BCUT2D eigenvalue weighted by Gasteiger charge is -2.25. The van der Waals surface area contributed by atoms with Crippen LogP contribution in [-0.2, 0) is 22.6 Å². The van der Waals surface area contributed by atoms with Gasteiger partial charge in [0.15, 0.2) is 16.6 Å². The highest BCUT2D eigenvalue weighted by atomic mass is 32.1. The van der Waals surface area contributed by atoms with Gasteiger partial charge in [0.1, 0.15) is 12.2 Å². The summed E-state index contributed by atoms with van der Waals surface area (Å²) in [6, 6.07) is 11.8. The van der Waals surface area contributed by atoms with Crippen molar-refractivity contribution in [2.45, 2.75) is 26.9 Å². The van der Waals surface area contributed by atoms with Crippen LogP contribution in [0.25, 0.3) is 6.08 Å². The topological polar surface area (TPSA) is 67.9 Å². The number of amides is 2. The van der Waals surface area contributed by atoms with E-state index in [0.717, 1.165) is 11.1 Å². The summed E-state index contributed by atoms with van der Waals surface area (Å²) >= 11 is 5.00. The second kappa shape index (κ2) is 10.2. The van der Waals surface area contributed by atoms with Crippen LogP contribution < -0.4 is 14.8 Å². The van der Waals surface area contributed by atoms with Gasteiger partial charge in [-0.25, -0.2) is 0 Å². The zero-order chi connectivity index (χ0) is 23.3. The molecule has 1 saturated heterocycles. The quantitative estimate of drug-likeness (QED) is 0.285. The Hall–Kier alpha value is -3.45. The van der Waals surface area contributed by atoms with Gasteiger partial charge < -0.3 is 9.47 Å².